The summed E-state index contributed by atoms with van der Waals surface area (Å²) in [5, 5.41) is 0. The number of rotatable bonds is 1. The van der Waals surface area contributed by atoms with Crippen LogP contribution in [0.4, 0.5) is 0 Å². The third-order valence-corrected chi connectivity index (χ3v) is 2.74. The molecule has 0 amide bonds. The first-order chi connectivity index (χ1) is 6.86. The molecule has 2 rings (SSSR count). The van der Waals surface area contributed by atoms with Gasteiger partial charge in [0.05, 0.1) is 0 Å². The van der Waals surface area contributed by atoms with Crippen molar-refractivity contribution in [2.75, 3.05) is 0 Å². The van der Waals surface area contributed by atoms with Crippen molar-refractivity contribution in [3.63, 3.8) is 0 Å². The Balaban J connectivity index is 0.000000461. The van der Waals surface area contributed by atoms with Gasteiger partial charge in [-0.2, -0.15) is 0 Å². The zero-order valence-electron chi connectivity index (χ0n) is 8.82. The number of aryl methyl sites for hydroxylation is 1. The van der Waals surface area contributed by atoms with Crippen LogP contribution in [0.15, 0.2) is 36.7 Å². The van der Waals surface area contributed by atoms with Crippen molar-refractivity contribution in [1.29, 1.82) is 0 Å². The van der Waals surface area contributed by atoms with Gasteiger partial charge in [-0.1, -0.05) is 19.9 Å². The van der Waals surface area contributed by atoms with E-state index < -0.39 is 0 Å². The van der Waals surface area contributed by atoms with Crippen LogP contribution in [0.1, 0.15) is 18.7 Å². The summed E-state index contributed by atoms with van der Waals surface area (Å²) in [6.45, 7) is 6.12. The summed E-state index contributed by atoms with van der Waals surface area (Å²) in [5.41, 5.74) is 1.20. The molecule has 0 aliphatic rings. The predicted molar refractivity (Wildman–Crippen MR) is 63.6 cm³/mol. The Morgan fingerprint density at radius 2 is 1.93 bits per heavy atom. The molecule has 0 aliphatic heterocycles. The second kappa shape index (κ2) is 5.55. The van der Waals surface area contributed by atoms with Crippen LogP contribution in [0, 0.1) is 6.92 Å². The second-order valence-corrected chi connectivity index (χ2v) is 3.94. The minimum absolute atomic E-state index is 1.20. The molecule has 0 aliphatic carbocycles. The monoisotopic (exact) mass is 205 g/mol. The lowest BCUT2D eigenvalue weighted by Gasteiger charge is -1.92. The minimum Gasteiger partial charge on any atom is -0.264 e. The summed E-state index contributed by atoms with van der Waals surface area (Å²) in [6.07, 6.45) is 3.69. The van der Waals surface area contributed by atoms with Gasteiger partial charge in [-0.05, 0) is 25.1 Å². The van der Waals surface area contributed by atoms with Crippen molar-refractivity contribution in [3.05, 3.63) is 41.5 Å². The van der Waals surface area contributed by atoms with Gasteiger partial charge < -0.3 is 0 Å². The maximum absolute atomic E-state index is 4.08. The minimum atomic E-state index is 1.20. The lowest BCUT2D eigenvalue weighted by Crippen LogP contribution is -1.72. The van der Waals surface area contributed by atoms with E-state index in [9.17, 15) is 0 Å². The Hall–Kier alpha value is -1.15. The molecule has 1 nitrogen and oxygen atoms in total. The summed E-state index contributed by atoms with van der Waals surface area (Å²) >= 11 is 1.80. The fraction of sp³-hybridized carbons (Fsp3) is 0.250. The first-order valence-electron chi connectivity index (χ1n) is 4.83. The van der Waals surface area contributed by atoms with E-state index in [1.54, 1.807) is 17.5 Å². The zero-order valence-corrected chi connectivity index (χ0v) is 9.64. The van der Waals surface area contributed by atoms with Gasteiger partial charge in [-0.15, -0.1) is 11.3 Å². The van der Waals surface area contributed by atoms with Crippen LogP contribution >= 0.6 is 11.3 Å². The zero-order chi connectivity index (χ0) is 10.4. The number of aromatic nitrogens is 1. The third kappa shape index (κ3) is 2.67. The standard InChI is InChI=1S/C10H9NS.C2H6/c1-8-4-5-10(12-8)9-3-2-6-11-7-9;1-2/h2-7H,1H3;1-2H3. The molecular formula is C12H15NS. The normalized spacial score (nSPS) is 9.07. The highest BCUT2D eigenvalue weighted by molar-refractivity contribution is 7.15. The van der Waals surface area contributed by atoms with E-state index in [-0.39, 0.29) is 0 Å². The average Bonchev–Trinajstić information content (AvgIpc) is 2.69. The van der Waals surface area contributed by atoms with E-state index in [1.807, 2.05) is 26.1 Å². The van der Waals surface area contributed by atoms with E-state index in [1.165, 1.54) is 15.3 Å². The Bertz CT molecular complexity index is 365. The van der Waals surface area contributed by atoms with Gasteiger partial charge in [-0.25, -0.2) is 0 Å². The first-order valence-corrected chi connectivity index (χ1v) is 5.65. The summed E-state index contributed by atoms with van der Waals surface area (Å²) in [6, 6.07) is 8.31. The Kier molecular flexibility index (Phi) is 4.33. The van der Waals surface area contributed by atoms with Crippen LogP contribution in [-0.4, -0.2) is 4.98 Å². The molecule has 2 aromatic heterocycles. The summed E-state index contributed by atoms with van der Waals surface area (Å²) in [5.74, 6) is 0. The molecule has 2 heteroatoms. The smallest absolute Gasteiger partial charge is 0.0361 e. The van der Waals surface area contributed by atoms with E-state index in [4.69, 9.17) is 0 Å². The fourth-order valence-electron chi connectivity index (χ4n) is 1.10. The van der Waals surface area contributed by atoms with Crippen LogP contribution in [0.25, 0.3) is 10.4 Å². The molecule has 0 atom stereocenters. The molecule has 0 saturated carbocycles. The van der Waals surface area contributed by atoms with Gasteiger partial charge in [0.25, 0.3) is 0 Å². The summed E-state index contributed by atoms with van der Waals surface area (Å²) in [7, 11) is 0. The highest BCUT2D eigenvalue weighted by Gasteiger charge is 1.98. The van der Waals surface area contributed by atoms with E-state index in [0.29, 0.717) is 0 Å². The van der Waals surface area contributed by atoms with Gasteiger partial charge in [0.2, 0.25) is 0 Å². The molecule has 0 spiro atoms. The quantitative estimate of drug-likeness (QED) is 0.681. The summed E-state index contributed by atoms with van der Waals surface area (Å²) < 4.78 is 0. The topological polar surface area (TPSA) is 12.9 Å². The van der Waals surface area contributed by atoms with E-state index in [0.717, 1.165) is 0 Å². The van der Waals surface area contributed by atoms with Crippen molar-refractivity contribution in [1.82, 2.24) is 4.98 Å². The predicted octanol–water partition coefficient (Wildman–Crippen LogP) is 4.14. The van der Waals surface area contributed by atoms with Crippen molar-refractivity contribution in [2.24, 2.45) is 0 Å². The van der Waals surface area contributed by atoms with Crippen LogP contribution < -0.4 is 0 Å². The van der Waals surface area contributed by atoms with E-state index >= 15 is 0 Å². The fourth-order valence-corrected chi connectivity index (χ4v) is 1.96. The molecule has 2 heterocycles. The molecule has 14 heavy (non-hydrogen) atoms. The first kappa shape index (κ1) is 10.9. The molecule has 0 aromatic carbocycles. The van der Waals surface area contributed by atoms with Gasteiger partial charge >= 0.3 is 0 Å². The Morgan fingerprint density at radius 3 is 2.43 bits per heavy atom. The van der Waals surface area contributed by atoms with Crippen LogP contribution in [-0.2, 0) is 0 Å². The van der Waals surface area contributed by atoms with Crippen molar-refractivity contribution >= 4 is 11.3 Å². The van der Waals surface area contributed by atoms with Crippen molar-refractivity contribution in [3.8, 4) is 10.4 Å². The molecule has 0 unspecified atom stereocenters. The van der Waals surface area contributed by atoms with Crippen LogP contribution in [0.2, 0.25) is 0 Å². The molecule has 0 fully saturated rings. The molecular weight excluding hydrogens is 190 g/mol. The Morgan fingerprint density at radius 1 is 1.14 bits per heavy atom. The van der Waals surface area contributed by atoms with Crippen LogP contribution in [0.3, 0.4) is 0 Å². The number of hydrogen-bond acceptors (Lipinski definition) is 2. The molecule has 0 saturated heterocycles. The van der Waals surface area contributed by atoms with E-state index in [2.05, 4.69) is 30.1 Å². The number of nitrogens with zero attached hydrogens (tertiary/aromatic N) is 1. The van der Waals surface area contributed by atoms with Crippen molar-refractivity contribution < 1.29 is 0 Å². The lowest BCUT2D eigenvalue weighted by molar-refractivity contribution is 1.33. The second-order valence-electron chi connectivity index (χ2n) is 2.65. The third-order valence-electron chi connectivity index (χ3n) is 1.69. The number of hydrogen-bond donors (Lipinski definition) is 0. The number of thiophene rings is 1. The largest absolute Gasteiger partial charge is 0.264 e. The SMILES string of the molecule is CC.Cc1ccc(-c2cccnc2)s1. The van der Waals surface area contributed by atoms with Crippen LogP contribution in [0.5, 0.6) is 0 Å². The lowest BCUT2D eigenvalue weighted by atomic mass is 10.2. The molecule has 74 valence electrons. The highest BCUT2D eigenvalue weighted by Crippen LogP contribution is 2.26. The molecule has 0 radical (unpaired) electrons. The Labute approximate surface area is 89.4 Å². The number of pyridine rings is 1. The maximum atomic E-state index is 4.08. The average molecular weight is 205 g/mol. The van der Waals surface area contributed by atoms with Gasteiger partial charge in [0.1, 0.15) is 0 Å². The highest BCUT2D eigenvalue weighted by atomic mass is 32.1. The molecule has 2 aromatic rings. The maximum Gasteiger partial charge on any atom is 0.0361 e. The molecule has 0 N–H and O–H groups in total. The molecule has 0 bridgehead atoms. The van der Waals surface area contributed by atoms with Gasteiger partial charge in [-0.3, -0.25) is 4.98 Å². The summed E-state index contributed by atoms with van der Waals surface area (Å²) in [4.78, 5) is 6.71. The van der Waals surface area contributed by atoms with Crippen molar-refractivity contribution in [2.45, 2.75) is 20.8 Å². The van der Waals surface area contributed by atoms with Gasteiger partial charge in [0.15, 0.2) is 0 Å². The van der Waals surface area contributed by atoms with Gasteiger partial charge in [0, 0.05) is 27.7 Å².